The molecule has 51 heavy (non-hydrogen) atoms. The number of carbonyl (C=O) groups excluding carboxylic acids is 3. The van der Waals surface area contributed by atoms with Crippen LogP contribution in [0.25, 0.3) is 0 Å². The fourth-order valence-corrected chi connectivity index (χ4v) is 6.84. The Balaban J connectivity index is 5.33. The van der Waals surface area contributed by atoms with E-state index in [-0.39, 0.29) is 49.1 Å². The lowest BCUT2D eigenvalue weighted by molar-refractivity contribution is -0.152. The zero-order chi connectivity index (χ0) is 38.0. The van der Waals surface area contributed by atoms with E-state index in [9.17, 15) is 14.4 Å². The van der Waals surface area contributed by atoms with E-state index in [1.807, 2.05) is 19.0 Å². The van der Waals surface area contributed by atoms with Crippen LogP contribution in [0.2, 0.25) is 0 Å². The maximum atomic E-state index is 13.5. The number of rotatable bonds is 37. The van der Waals surface area contributed by atoms with Crippen LogP contribution in [0.4, 0.5) is 0 Å². The normalized spacial score (nSPS) is 13.3. The van der Waals surface area contributed by atoms with Gasteiger partial charge in [0.25, 0.3) is 0 Å². The second-order valence-electron chi connectivity index (χ2n) is 15.1. The first kappa shape index (κ1) is 49.3. The first-order valence-corrected chi connectivity index (χ1v) is 21.6. The number of methoxy groups -OCH3 is 1. The summed E-state index contributed by atoms with van der Waals surface area (Å²) in [6.07, 6.45) is 27.7. The largest absolute Gasteiger partial charge is 0.464 e. The predicted octanol–water partition coefficient (Wildman–Crippen LogP) is 10.9. The number of hydrogen-bond acceptors (Lipinski definition) is 7. The van der Waals surface area contributed by atoms with Crippen LogP contribution < -0.4 is 0 Å². The fourth-order valence-electron chi connectivity index (χ4n) is 6.84. The van der Waals surface area contributed by atoms with Gasteiger partial charge in [-0.25, -0.2) is 0 Å². The highest BCUT2D eigenvalue weighted by molar-refractivity contribution is 5.76. The minimum atomic E-state index is -0.169. The van der Waals surface area contributed by atoms with E-state index >= 15 is 0 Å². The third-order valence-electron chi connectivity index (χ3n) is 10.3. The van der Waals surface area contributed by atoms with E-state index in [1.165, 1.54) is 77.0 Å². The van der Waals surface area contributed by atoms with Crippen molar-refractivity contribution in [2.24, 2.45) is 11.8 Å². The molecule has 8 heteroatoms. The molecular formula is C43H84N2O6. The average Bonchev–Trinajstić information content (AvgIpc) is 3.12. The van der Waals surface area contributed by atoms with Crippen molar-refractivity contribution in [2.45, 2.75) is 201 Å². The number of amides is 1. The third kappa shape index (κ3) is 27.6. The maximum Gasteiger partial charge on any atom is 0.308 e. The molecule has 0 saturated carbocycles. The Kier molecular flexibility index (Phi) is 34.2. The van der Waals surface area contributed by atoms with Crippen LogP contribution in [0, 0.1) is 11.8 Å². The van der Waals surface area contributed by atoms with Gasteiger partial charge >= 0.3 is 11.9 Å². The first-order chi connectivity index (χ1) is 24.7. The van der Waals surface area contributed by atoms with Crippen LogP contribution in [0.3, 0.4) is 0 Å². The molecule has 0 heterocycles. The number of esters is 2. The topological polar surface area (TPSA) is 85.4 Å². The Hall–Kier alpha value is -1.67. The molecule has 3 atom stereocenters. The monoisotopic (exact) mass is 725 g/mol. The van der Waals surface area contributed by atoms with Gasteiger partial charge in [0.2, 0.25) is 5.91 Å². The minimum absolute atomic E-state index is 0.0441. The van der Waals surface area contributed by atoms with E-state index in [2.05, 4.69) is 27.7 Å². The van der Waals surface area contributed by atoms with Crippen molar-refractivity contribution in [3.05, 3.63) is 0 Å². The molecule has 302 valence electrons. The van der Waals surface area contributed by atoms with Gasteiger partial charge in [-0.2, -0.15) is 0 Å². The molecule has 0 aliphatic carbocycles. The summed E-state index contributed by atoms with van der Waals surface area (Å²) in [5, 5.41) is 0. The van der Waals surface area contributed by atoms with E-state index in [0.29, 0.717) is 25.9 Å². The lowest BCUT2D eigenvalue weighted by Gasteiger charge is -2.26. The van der Waals surface area contributed by atoms with Crippen molar-refractivity contribution < 1.29 is 28.6 Å². The van der Waals surface area contributed by atoms with Crippen LogP contribution in [0.5, 0.6) is 0 Å². The molecule has 0 bridgehead atoms. The minimum Gasteiger partial charge on any atom is -0.464 e. The van der Waals surface area contributed by atoms with Gasteiger partial charge in [0.1, 0.15) is 19.4 Å². The predicted molar refractivity (Wildman–Crippen MR) is 213 cm³/mol. The summed E-state index contributed by atoms with van der Waals surface area (Å²) < 4.78 is 17.3. The quantitative estimate of drug-likeness (QED) is 0.0358. The highest BCUT2D eigenvalue weighted by atomic mass is 16.5. The van der Waals surface area contributed by atoms with Gasteiger partial charge in [-0.05, 0) is 46.2 Å². The summed E-state index contributed by atoms with van der Waals surface area (Å²) in [6.45, 7) is 9.75. The van der Waals surface area contributed by atoms with Crippen LogP contribution in [0.1, 0.15) is 195 Å². The van der Waals surface area contributed by atoms with Crippen molar-refractivity contribution in [1.82, 2.24) is 9.80 Å². The Morgan fingerprint density at radius 1 is 0.490 bits per heavy atom. The smallest absolute Gasteiger partial charge is 0.308 e. The number of unbranched alkanes of at least 4 members (excludes halogenated alkanes) is 16. The number of hydrogen-bond donors (Lipinski definition) is 0. The molecule has 0 aliphatic heterocycles. The molecule has 0 spiro atoms. The molecule has 0 aromatic carbocycles. The van der Waals surface area contributed by atoms with Crippen LogP contribution >= 0.6 is 0 Å². The number of ether oxygens (including phenoxy) is 3. The van der Waals surface area contributed by atoms with Gasteiger partial charge < -0.3 is 19.1 Å². The molecule has 0 N–H and O–H groups in total. The van der Waals surface area contributed by atoms with Crippen LogP contribution in [0.15, 0.2) is 0 Å². The lowest BCUT2D eigenvalue weighted by Crippen LogP contribution is -2.39. The van der Waals surface area contributed by atoms with Crippen molar-refractivity contribution in [3.63, 3.8) is 0 Å². The highest BCUT2D eigenvalue weighted by Crippen LogP contribution is 2.22. The second-order valence-corrected chi connectivity index (χ2v) is 15.1. The molecule has 0 radical (unpaired) electrons. The molecule has 0 aromatic heterocycles. The molecule has 8 nitrogen and oxygen atoms in total. The van der Waals surface area contributed by atoms with E-state index in [4.69, 9.17) is 14.2 Å². The average molecular weight is 725 g/mol. The molecule has 0 fully saturated rings. The molecular weight excluding hydrogens is 640 g/mol. The first-order valence-electron chi connectivity index (χ1n) is 21.6. The van der Waals surface area contributed by atoms with E-state index in [0.717, 1.165) is 77.0 Å². The van der Waals surface area contributed by atoms with Gasteiger partial charge in [-0.1, -0.05) is 156 Å². The molecule has 1 amide bonds. The molecule has 0 aromatic rings. The summed E-state index contributed by atoms with van der Waals surface area (Å²) in [5.74, 6) is -0.473. The van der Waals surface area contributed by atoms with Gasteiger partial charge in [-0.15, -0.1) is 0 Å². The second kappa shape index (κ2) is 35.4. The molecule has 0 aliphatic rings. The Bertz CT molecular complexity index is 772. The van der Waals surface area contributed by atoms with Gasteiger partial charge in [0, 0.05) is 13.5 Å². The molecule has 3 unspecified atom stereocenters. The van der Waals surface area contributed by atoms with Crippen LogP contribution in [-0.4, -0.2) is 81.4 Å². The zero-order valence-electron chi connectivity index (χ0n) is 34.8. The SMILES string of the molecule is CCCCCCCCC(CCCCCC)C(=O)OCCN(CCOC(=O)C(CCCCCC)CCCCCCCC)C(=O)CCC(OC)N(C)C. The van der Waals surface area contributed by atoms with Crippen molar-refractivity contribution >= 4 is 17.8 Å². The third-order valence-corrected chi connectivity index (χ3v) is 10.3. The fraction of sp³-hybridized carbons (Fsp3) is 0.930. The highest BCUT2D eigenvalue weighted by Gasteiger charge is 2.23. The maximum absolute atomic E-state index is 13.5. The number of nitrogens with zero attached hydrogens (tertiary/aromatic N) is 2. The zero-order valence-corrected chi connectivity index (χ0v) is 34.8. The summed E-state index contributed by atoms with van der Waals surface area (Å²) in [7, 11) is 5.52. The van der Waals surface area contributed by atoms with Gasteiger partial charge in [0.05, 0.1) is 24.9 Å². The van der Waals surface area contributed by atoms with E-state index < -0.39 is 0 Å². The Morgan fingerprint density at radius 3 is 1.16 bits per heavy atom. The van der Waals surface area contributed by atoms with Crippen molar-refractivity contribution in [2.75, 3.05) is 47.5 Å². The Morgan fingerprint density at radius 2 is 0.824 bits per heavy atom. The summed E-state index contributed by atoms with van der Waals surface area (Å²) in [5.41, 5.74) is 0. The number of carbonyl (C=O) groups is 3. The summed E-state index contributed by atoms with van der Waals surface area (Å²) >= 11 is 0. The summed E-state index contributed by atoms with van der Waals surface area (Å²) in [4.78, 5) is 43.7. The van der Waals surface area contributed by atoms with E-state index in [1.54, 1.807) is 12.0 Å². The van der Waals surface area contributed by atoms with Crippen LogP contribution in [-0.2, 0) is 28.6 Å². The molecule has 0 rings (SSSR count). The van der Waals surface area contributed by atoms with Crippen molar-refractivity contribution in [3.8, 4) is 0 Å². The molecule has 0 saturated heterocycles. The lowest BCUT2D eigenvalue weighted by atomic mass is 9.94. The summed E-state index contributed by atoms with van der Waals surface area (Å²) in [6, 6.07) is 0. The van der Waals surface area contributed by atoms with Gasteiger partial charge in [-0.3, -0.25) is 19.3 Å². The standard InChI is InChI=1S/C43H84N2O6/c1-8-12-16-20-22-26-30-38(28-24-18-14-10-3)42(47)50-36-34-45(40(46)32-33-41(49-7)44(5)6)35-37-51-43(48)39(29-25-19-15-11-4)31-27-23-21-17-13-9-2/h38-39,41H,8-37H2,1-7H3. The van der Waals surface area contributed by atoms with Crippen molar-refractivity contribution in [1.29, 1.82) is 0 Å². The van der Waals surface area contributed by atoms with Gasteiger partial charge in [0.15, 0.2) is 0 Å². The Labute approximate surface area is 315 Å².